The van der Waals surface area contributed by atoms with E-state index < -0.39 is 5.97 Å². The highest BCUT2D eigenvalue weighted by molar-refractivity contribution is 6.30. The highest BCUT2D eigenvalue weighted by Gasteiger charge is 2.28. The molecule has 1 aliphatic heterocycles. The zero-order valence-electron chi connectivity index (χ0n) is 11.3. The highest BCUT2D eigenvalue weighted by Crippen LogP contribution is 2.23. The minimum Gasteiger partial charge on any atom is -0.481 e. The normalized spacial score (nSPS) is 19.0. The van der Waals surface area contributed by atoms with Crippen LogP contribution in [0.2, 0.25) is 5.02 Å². The van der Waals surface area contributed by atoms with Gasteiger partial charge in [-0.15, -0.1) is 0 Å². The molecule has 1 atom stereocenters. The molecule has 6 heteroatoms. The molecule has 0 bridgehead atoms. The van der Waals surface area contributed by atoms with E-state index in [1.165, 1.54) is 0 Å². The van der Waals surface area contributed by atoms with Crippen molar-refractivity contribution in [2.24, 2.45) is 5.92 Å². The number of likely N-dealkylation sites (tertiary alicyclic amines) is 1. The van der Waals surface area contributed by atoms with Crippen LogP contribution in [0.3, 0.4) is 0 Å². The predicted molar refractivity (Wildman–Crippen MR) is 78.0 cm³/mol. The van der Waals surface area contributed by atoms with Crippen LogP contribution in [0.25, 0.3) is 11.3 Å². The molecule has 21 heavy (non-hydrogen) atoms. The number of carboxylic acids is 1. The van der Waals surface area contributed by atoms with E-state index >= 15 is 0 Å². The molecule has 0 saturated carbocycles. The number of aromatic nitrogens is 1. The Morgan fingerprint density at radius 1 is 1.43 bits per heavy atom. The summed E-state index contributed by atoms with van der Waals surface area (Å²) in [5.74, 6) is -0.258. The molecule has 2 aromatic rings. The lowest BCUT2D eigenvalue weighted by molar-refractivity contribution is -0.141. The topological polar surface area (TPSA) is 66.6 Å². The average Bonchev–Trinajstić information content (AvgIpc) is 3.10. The van der Waals surface area contributed by atoms with E-state index in [0.717, 1.165) is 23.6 Å². The van der Waals surface area contributed by atoms with Crippen molar-refractivity contribution in [3.8, 4) is 11.3 Å². The Kier molecular flexibility index (Phi) is 3.94. The van der Waals surface area contributed by atoms with E-state index in [0.29, 0.717) is 24.5 Å². The summed E-state index contributed by atoms with van der Waals surface area (Å²) in [6.07, 6.45) is 0.688. The molecule has 0 spiro atoms. The number of hydrogen-bond acceptors (Lipinski definition) is 4. The average molecular weight is 307 g/mol. The smallest absolute Gasteiger partial charge is 0.307 e. The summed E-state index contributed by atoms with van der Waals surface area (Å²) in [5, 5.41) is 13.7. The third-order valence-corrected chi connectivity index (χ3v) is 3.95. The number of carbonyl (C=O) groups is 1. The Labute approximate surface area is 127 Å². The number of aliphatic carboxylic acids is 1. The molecule has 1 aliphatic rings. The van der Waals surface area contributed by atoms with Crippen LogP contribution in [0.4, 0.5) is 0 Å². The van der Waals surface area contributed by atoms with Gasteiger partial charge in [-0.2, -0.15) is 0 Å². The van der Waals surface area contributed by atoms with E-state index in [1.807, 2.05) is 30.3 Å². The number of benzene rings is 1. The van der Waals surface area contributed by atoms with Crippen molar-refractivity contribution in [2.75, 3.05) is 13.1 Å². The first kappa shape index (κ1) is 14.1. The van der Waals surface area contributed by atoms with Crippen LogP contribution in [-0.4, -0.2) is 34.2 Å². The minimum absolute atomic E-state index is 0.274. The fraction of sp³-hybridized carbons (Fsp3) is 0.333. The largest absolute Gasteiger partial charge is 0.481 e. The summed E-state index contributed by atoms with van der Waals surface area (Å²) in [6, 6.07) is 9.28. The molecule has 1 aromatic heterocycles. The van der Waals surface area contributed by atoms with Crippen molar-refractivity contribution in [2.45, 2.75) is 13.0 Å². The molecule has 0 aliphatic carbocycles. The van der Waals surface area contributed by atoms with E-state index in [1.54, 1.807) is 0 Å². The van der Waals surface area contributed by atoms with Crippen LogP contribution < -0.4 is 0 Å². The monoisotopic (exact) mass is 306 g/mol. The second-order valence-corrected chi connectivity index (χ2v) is 5.68. The van der Waals surface area contributed by atoms with Gasteiger partial charge in [0, 0.05) is 23.2 Å². The molecule has 0 amide bonds. The standard InChI is InChI=1S/C15H15ClN2O3/c16-12-3-1-10(2-4-12)14-7-13(21-17-14)9-18-6-5-11(8-18)15(19)20/h1-4,7,11H,5-6,8-9H2,(H,19,20). The lowest BCUT2D eigenvalue weighted by Gasteiger charge is -2.11. The Morgan fingerprint density at radius 2 is 2.19 bits per heavy atom. The summed E-state index contributed by atoms with van der Waals surface area (Å²) in [4.78, 5) is 13.0. The zero-order valence-corrected chi connectivity index (χ0v) is 12.1. The summed E-state index contributed by atoms with van der Waals surface area (Å²) < 4.78 is 5.33. The van der Waals surface area contributed by atoms with Gasteiger partial charge in [0.2, 0.25) is 0 Å². The Balaban J connectivity index is 1.66. The first-order valence-corrected chi connectivity index (χ1v) is 7.16. The molecule has 1 saturated heterocycles. The second kappa shape index (κ2) is 5.87. The van der Waals surface area contributed by atoms with Crippen LogP contribution in [0.1, 0.15) is 12.2 Å². The predicted octanol–water partition coefficient (Wildman–Crippen LogP) is 2.90. The number of carboxylic acid groups (broad SMARTS) is 1. The maximum atomic E-state index is 10.9. The van der Waals surface area contributed by atoms with Gasteiger partial charge in [0.15, 0.2) is 5.76 Å². The van der Waals surface area contributed by atoms with Gasteiger partial charge in [0.1, 0.15) is 5.69 Å². The third kappa shape index (κ3) is 3.25. The molecule has 2 heterocycles. The lowest BCUT2D eigenvalue weighted by atomic mass is 10.1. The highest BCUT2D eigenvalue weighted by atomic mass is 35.5. The molecular formula is C15H15ClN2O3. The second-order valence-electron chi connectivity index (χ2n) is 5.24. The summed E-state index contributed by atoms with van der Waals surface area (Å²) in [5.41, 5.74) is 1.70. The zero-order chi connectivity index (χ0) is 14.8. The van der Waals surface area contributed by atoms with Crippen LogP contribution in [-0.2, 0) is 11.3 Å². The van der Waals surface area contributed by atoms with Crippen LogP contribution in [0.5, 0.6) is 0 Å². The number of rotatable bonds is 4. The maximum absolute atomic E-state index is 10.9. The molecule has 3 rings (SSSR count). The maximum Gasteiger partial charge on any atom is 0.307 e. The van der Waals surface area contributed by atoms with Gasteiger partial charge in [-0.05, 0) is 25.1 Å². The molecule has 1 fully saturated rings. The number of hydrogen-bond donors (Lipinski definition) is 1. The van der Waals surface area contributed by atoms with E-state index in [9.17, 15) is 4.79 Å². The Hall–Kier alpha value is -1.85. The van der Waals surface area contributed by atoms with Crippen LogP contribution in [0.15, 0.2) is 34.9 Å². The van der Waals surface area contributed by atoms with Crippen molar-refractivity contribution < 1.29 is 14.4 Å². The third-order valence-electron chi connectivity index (χ3n) is 3.70. The molecule has 1 N–H and O–H groups in total. The van der Waals surface area contributed by atoms with E-state index in [4.69, 9.17) is 21.2 Å². The SMILES string of the molecule is O=C(O)C1CCN(Cc2cc(-c3ccc(Cl)cc3)no2)C1. The first-order chi connectivity index (χ1) is 10.1. The Bertz CT molecular complexity index is 639. The number of nitrogens with zero attached hydrogens (tertiary/aromatic N) is 2. The quantitative estimate of drug-likeness (QED) is 0.940. The Morgan fingerprint density at radius 3 is 2.86 bits per heavy atom. The van der Waals surface area contributed by atoms with Gasteiger partial charge in [0.05, 0.1) is 12.5 Å². The van der Waals surface area contributed by atoms with E-state index in [-0.39, 0.29) is 5.92 Å². The molecular weight excluding hydrogens is 292 g/mol. The van der Waals surface area contributed by atoms with Gasteiger partial charge in [0.25, 0.3) is 0 Å². The summed E-state index contributed by atoms with van der Waals surface area (Å²) in [7, 11) is 0. The fourth-order valence-electron chi connectivity index (χ4n) is 2.54. The number of halogens is 1. The molecule has 1 unspecified atom stereocenters. The van der Waals surface area contributed by atoms with Crippen molar-refractivity contribution in [1.82, 2.24) is 10.1 Å². The van der Waals surface area contributed by atoms with Gasteiger partial charge in [-0.1, -0.05) is 28.9 Å². The van der Waals surface area contributed by atoms with Crippen LogP contribution in [0, 0.1) is 5.92 Å². The minimum atomic E-state index is -0.725. The molecule has 110 valence electrons. The van der Waals surface area contributed by atoms with Crippen molar-refractivity contribution >= 4 is 17.6 Å². The summed E-state index contributed by atoms with van der Waals surface area (Å²) in [6.45, 7) is 1.92. The lowest BCUT2D eigenvalue weighted by Crippen LogP contribution is -2.22. The van der Waals surface area contributed by atoms with E-state index in [2.05, 4.69) is 10.1 Å². The molecule has 0 radical (unpaired) electrons. The molecule has 5 nitrogen and oxygen atoms in total. The van der Waals surface area contributed by atoms with Crippen molar-refractivity contribution in [3.63, 3.8) is 0 Å². The van der Waals surface area contributed by atoms with Gasteiger partial charge in [-0.3, -0.25) is 9.69 Å². The van der Waals surface area contributed by atoms with Gasteiger partial charge >= 0.3 is 5.97 Å². The fourth-order valence-corrected chi connectivity index (χ4v) is 2.67. The van der Waals surface area contributed by atoms with Gasteiger partial charge < -0.3 is 9.63 Å². The van der Waals surface area contributed by atoms with Crippen LogP contribution >= 0.6 is 11.6 Å². The van der Waals surface area contributed by atoms with Crippen molar-refractivity contribution in [3.05, 3.63) is 41.1 Å². The first-order valence-electron chi connectivity index (χ1n) is 6.78. The van der Waals surface area contributed by atoms with Crippen molar-refractivity contribution in [1.29, 1.82) is 0 Å². The van der Waals surface area contributed by atoms with Gasteiger partial charge in [-0.25, -0.2) is 0 Å². The molecule has 1 aromatic carbocycles. The summed E-state index contributed by atoms with van der Waals surface area (Å²) >= 11 is 5.86.